The number of anilines is 2. The van der Waals surface area contributed by atoms with Gasteiger partial charge in [-0.3, -0.25) is 4.79 Å². The van der Waals surface area contributed by atoms with Gasteiger partial charge in [0.15, 0.2) is 0 Å². The quantitative estimate of drug-likeness (QED) is 0.844. The minimum Gasteiger partial charge on any atom is -0.487 e. The minimum absolute atomic E-state index is 0.0634. The Balaban J connectivity index is 1.75. The van der Waals surface area contributed by atoms with Crippen LogP contribution >= 0.6 is 0 Å². The molecule has 2 aliphatic heterocycles. The average Bonchev–Trinajstić information content (AvgIpc) is 2.47. The summed E-state index contributed by atoms with van der Waals surface area (Å²) in [6, 6.07) is 5.64. The van der Waals surface area contributed by atoms with E-state index in [1.807, 2.05) is 30.0 Å². The van der Waals surface area contributed by atoms with Crippen LogP contribution in [0.1, 0.15) is 26.2 Å². The number of ether oxygens (including phenoxy) is 1. The first-order chi connectivity index (χ1) is 10.1. The summed E-state index contributed by atoms with van der Waals surface area (Å²) in [4.78, 5) is 16.6. The zero-order chi connectivity index (χ0) is 14.8. The van der Waals surface area contributed by atoms with Gasteiger partial charge in [-0.15, -0.1) is 0 Å². The summed E-state index contributed by atoms with van der Waals surface area (Å²) in [6.45, 7) is 4.96. The Morgan fingerprint density at radius 2 is 2.10 bits per heavy atom. The van der Waals surface area contributed by atoms with Crippen molar-refractivity contribution in [1.82, 2.24) is 4.90 Å². The molecule has 1 aromatic carbocycles. The van der Waals surface area contributed by atoms with Crippen molar-refractivity contribution in [2.24, 2.45) is 0 Å². The molecule has 2 N–H and O–H groups in total. The molecule has 1 saturated heterocycles. The van der Waals surface area contributed by atoms with Gasteiger partial charge in [0.25, 0.3) is 0 Å². The molecular weight excluding hydrogens is 266 g/mol. The van der Waals surface area contributed by atoms with E-state index in [1.54, 1.807) is 0 Å². The SMILES string of the molecule is CC1CN(CC(=O)N2CCCCC2)c2ccc(N)cc2O1. The fraction of sp³-hybridized carbons (Fsp3) is 0.562. The number of likely N-dealkylation sites (tertiary alicyclic amines) is 1. The third-order valence-electron chi connectivity index (χ3n) is 4.17. The number of fused-ring (bicyclic) bond motifs is 1. The number of nitrogens with two attached hydrogens (primary N) is 1. The van der Waals surface area contributed by atoms with Crippen LogP contribution in [0.3, 0.4) is 0 Å². The summed E-state index contributed by atoms with van der Waals surface area (Å²) in [5.41, 5.74) is 7.47. The number of benzene rings is 1. The highest BCUT2D eigenvalue weighted by Crippen LogP contribution is 2.34. The predicted molar refractivity (Wildman–Crippen MR) is 83.6 cm³/mol. The highest BCUT2D eigenvalue weighted by atomic mass is 16.5. The summed E-state index contributed by atoms with van der Waals surface area (Å²) >= 11 is 0. The Bertz CT molecular complexity index is 526. The number of carbonyl (C=O) groups excluding carboxylic acids is 1. The lowest BCUT2D eigenvalue weighted by atomic mass is 10.1. The van der Waals surface area contributed by atoms with E-state index in [-0.39, 0.29) is 12.0 Å². The van der Waals surface area contributed by atoms with Crippen LogP contribution in [0.2, 0.25) is 0 Å². The van der Waals surface area contributed by atoms with Gasteiger partial charge in [-0.05, 0) is 38.3 Å². The van der Waals surface area contributed by atoms with Gasteiger partial charge in [0.2, 0.25) is 5.91 Å². The molecule has 3 rings (SSSR count). The number of nitrogens with zero attached hydrogens (tertiary/aromatic N) is 2. The third-order valence-corrected chi connectivity index (χ3v) is 4.17. The van der Waals surface area contributed by atoms with Crippen molar-refractivity contribution in [3.63, 3.8) is 0 Å². The number of rotatable bonds is 2. The van der Waals surface area contributed by atoms with E-state index in [2.05, 4.69) is 4.90 Å². The van der Waals surface area contributed by atoms with Crippen molar-refractivity contribution in [3.05, 3.63) is 18.2 Å². The van der Waals surface area contributed by atoms with Crippen molar-refractivity contribution in [3.8, 4) is 5.75 Å². The topological polar surface area (TPSA) is 58.8 Å². The Labute approximate surface area is 125 Å². The maximum Gasteiger partial charge on any atom is 0.242 e. The van der Waals surface area contributed by atoms with Gasteiger partial charge in [0.1, 0.15) is 11.9 Å². The van der Waals surface area contributed by atoms with Crippen molar-refractivity contribution < 1.29 is 9.53 Å². The highest BCUT2D eigenvalue weighted by molar-refractivity contribution is 5.83. The van der Waals surface area contributed by atoms with Crippen LogP contribution in [0.4, 0.5) is 11.4 Å². The molecule has 2 aliphatic rings. The molecule has 2 heterocycles. The fourth-order valence-corrected chi connectivity index (χ4v) is 3.11. The van der Waals surface area contributed by atoms with E-state index in [9.17, 15) is 4.79 Å². The number of carbonyl (C=O) groups is 1. The monoisotopic (exact) mass is 289 g/mol. The molecule has 0 radical (unpaired) electrons. The summed E-state index contributed by atoms with van der Waals surface area (Å²) < 4.78 is 5.82. The van der Waals surface area contributed by atoms with Gasteiger partial charge in [-0.2, -0.15) is 0 Å². The first kappa shape index (κ1) is 14.0. The van der Waals surface area contributed by atoms with Crippen molar-refractivity contribution in [2.75, 3.05) is 36.8 Å². The normalized spacial score (nSPS) is 21.7. The lowest BCUT2D eigenvalue weighted by molar-refractivity contribution is -0.130. The molecule has 1 fully saturated rings. The fourth-order valence-electron chi connectivity index (χ4n) is 3.11. The van der Waals surface area contributed by atoms with Crippen molar-refractivity contribution >= 4 is 17.3 Å². The lowest BCUT2D eigenvalue weighted by Gasteiger charge is -2.36. The molecule has 0 aliphatic carbocycles. The van der Waals surface area contributed by atoms with Crippen LogP contribution in [0.15, 0.2) is 18.2 Å². The van der Waals surface area contributed by atoms with E-state index in [0.717, 1.165) is 43.9 Å². The zero-order valence-corrected chi connectivity index (χ0v) is 12.5. The van der Waals surface area contributed by atoms with E-state index in [4.69, 9.17) is 10.5 Å². The Hall–Kier alpha value is -1.91. The van der Waals surface area contributed by atoms with Crippen molar-refractivity contribution in [1.29, 1.82) is 0 Å². The minimum atomic E-state index is 0.0634. The molecule has 1 amide bonds. The van der Waals surface area contributed by atoms with Gasteiger partial charge in [-0.25, -0.2) is 0 Å². The molecule has 1 unspecified atom stereocenters. The molecule has 114 valence electrons. The standard InChI is InChI=1S/C16H23N3O2/c1-12-10-19(11-16(20)18-7-3-2-4-8-18)14-6-5-13(17)9-15(14)21-12/h5-6,9,12H,2-4,7-8,10-11,17H2,1H3. The number of hydrogen-bond donors (Lipinski definition) is 1. The summed E-state index contributed by atoms with van der Waals surface area (Å²) in [5.74, 6) is 0.992. The maximum atomic E-state index is 12.5. The second-order valence-corrected chi connectivity index (χ2v) is 5.98. The molecule has 0 spiro atoms. The number of amides is 1. The average molecular weight is 289 g/mol. The van der Waals surface area contributed by atoms with Crippen LogP contribution in [0, 0.1) is 0 Å². The second-order valence-electron chi connectivity index (χ2n) is 5.98. The molecule has 0 aromatic heterocycles. The van der Waals surface area contributed by atoms with Gasteiger partial charge in [-0.1, -0.05) is 0 Å². The van der Waals surface area contributed by atoms with Crippen LogP contribution in [-0.4, -0.2) is 43.1 Å². The van der Waals surface area contributed by atoms with E-state index >= 15 is 0 Å². The predicted octanol–water partition coefficient (Wildman–Crippen LogP) is 1.87. The van der Waals surface area contributed by atoms with Crippen LogP contribution in [0.25, 0.3) is 0 Å². The van der Waals surface area contributed by atoms with E-state index < -0.39 is 0 Å². The lowest BCUT2D eigenvalue weighted by Crippen LogP contribution is -2.46. The van der Waals surface area contributed by atoms with Crippen LogP contribution in [0.5, 0.6) is 5.75 Å². The number of hydrogen-bond acceptors (Lipinski definition) is 4. The van der Waals surface area contributed by atoms with Gasteiger partial charge in [0.05, 0.1) is 18.8 Å². The summed E-state index contributed by atoms with van der Waals surface area (Å²) in [5, 5.41) is 0. The Morgan fingerprint density at radius 1 is 1.33 bits per heavy atom. The first-order valence-electron chi connectivity index (χ1n) is 7.72. The molecule has 1 atom stereocenters. The van der Waals surface area contributed by atoms with Gasteiger partial charge >= 0.3 is 0 Å². The molecular formula is C16H23N3O2. The zero-order valence-electron chi connectivity index (χ0n) is 12.5. The van der Waals surface area contributed by atoms with Crippen molar-refractivity contribution in [2.45, 2.75) is 32.3 Å². The first-order valence-corrected chi connectivity index (χ1v) is 7.72. The number of nitrogen functional groups attached to an aromatic ring is 1. The number of piperidine rings is 1. The molecule has 5 nitrogen and oxygen atoms in total. The smallest absolute Gasteiger partial charge is 0.242 e. The maximum absolute atomic E-state index is 12.5. The molecule has 21 heavy (non-hydrogen) atoms. The molecule has 0 saturated carbocycles. The second kappa shape index (κ2) is 5.84. The summed E-state index contributed by atoms with van der Waals surface area (Å²) in [6.07, 6.45) is 3.55. The van der Waals surface area contributed by atoms with E-state index in [0.29, 0.717) is 12.2 Å². The van der Waals surface area contributed by atoms with Crippen LogP contribution in [-0.2, 0) is 4.79 Å². The highest BCUT2D eigenvalue weighted by Gasteiger charge is 2.26. The van der Waals surface area contributed by atoms with Gasteiger partial charge < -0.3 is 20.3 Å². The molecule has 1 aromatic rings. The summed E-state index contributed by atoms with van der Waals surface area (Å²) in [7, 11) is 0. The molecule has 0 bridgehead atoms. The van der Waals surface area contributed by atoms with E-state index in [1.165, 1.54) is 6.42 Å². The molecule has 5 heteroatoms. The Morgan fingerprint density at radius 3 is 2.86 bits per heavy atom. The van der Waals surface area contributed by atoms with Gasteiger partial charge in [0, 0.05) is 24.8 Å². The van der Waals surface area contributed by atoms with Crippen LogP contribution < -0.4 is 15.4 Å². The largest absolute Gasteiger partial charge is 0.487 e. The Kier molecular flexibility index (Phi) is 3.90. The third kappa shape index (κ3) is 3.06.